The highest BCUT2D eigenvalue weighted by Crippen LogP contribution is 2.26. The van der Waals surface area contributed by atoms with Crippen LogP contribution in [0.5, 0.6) is 0 Å². The van der Waals surface area contributed by atoms with Gasteiger partial charge in [-0.15, -0.1) is 0 Å². The molecule has 2 aromatic rings. The summed E-state index contributed by atoms with van der Waals surface area (Å²) < 4.78 is 0. The van der Waals surface area contributed by atoms with Gasteiger partial charge in [-0.1, -0.05) is 6.92 Å². The number of aryl methyl sites for hydroxylation is 1. The lowest BCUT2D eigenvalue weighted by molar-refractivity contribution is 0.102. The van der Waals surface area contributed by atoms with E-state index >= 15 is 0 Å². The molecule has 1 aromatic carbocycles. The Balaban J connectivity index is 1.43. The molecule has 0 saturated carbocycles. The molecule has 0 aliphatic carbocycles. The summed E-state index contributed by atoms with van der Waals surface area (Å²) in [5, 5.41) is 12.1. The molecule has 2 aliphatic rings. The largest absolute Gasteiger partial charge is 0.465 e. The van der Waals surface area contributed by atoms with Crippen LogP contribution < -0.4 is 15.1 Å². The second-order valence-electron chi connectivity index (χ2n) is 8.75. The van der Waals surface area contributed by atoms with Crippen LogP contribution in [0.4, 0.5) is 22.0 Å². The van der Waals surface area contributed by atoms with Crippen LogP contribution in [-0.4, -0.2) is 66.3 Å². The Bertz CT molecular complexity index is 962. The molecule has 0 bridgehead atoms. The van der Waals surface area contributed by atoms with Crippen LogP contribution in [0.3, 0.4) is 0 Å². The molecule has 0 atom stereocenters. The van der Waals surface area contributed by atoms with E-state index in [2.05, 4.69) is 22.0 Å². The minimum absolute atomic E-state index is 0.158. The van der Waals surface area contributed by atoms with Gasteiger partial charge < -0.3 is 25.1 Å². The van der Waals surface area contributed by atoms with Gasteiger partial charge in [-0.2, -0.15) is 0 Å². The quantitative estimate of drug-likeness (QED) is 0.759. The Labute approximate surface area is 188 Å². The van der Waals surface area contributed by atoms with Gasteiger partial charge in [0.25, 0.3) is 5.91 Å². The number of carboxylic acid groups (broad SMARTS) is 1. The number of piperazine rings is 1. The zero-order valence-electron chi connectivity index (χ0n) is 18.8. The average molecular weight is 438 g/mol. The smallest absolute Gasteiger partial charge is 0.407 e. The molecule has 0 unspecified atom stereocenters. The Morgan fingerprint density at radius 1 is 0.938 bits per heavy atom. The first-order valence-corrected chi connectivity index (χ1v) is 11.3. The third-order valence-electron chi connectivity index (χ3n) is 6.38. The summed E-state index contributed by atoms with van der Waals surface area (Å²) >= 11 is 0. The van der Waals surface area contributed by atoms with Crippen LogP contribution in [0.25, 0.3) is 0 Å². The number of anilines is 3. The SMILES string of the molecule is Cc1ccc(C(=O)Nc2ccc(N3CCN(C(=O)O)CC3)cc2)c(N2CCC(C)CC2)n1. The van der Waals surface area contributed by atoms with E-state index in [4.69, 9.17) is 10.1 Å². The molecule has 32 heavy (non-hydrogen) atoms. The van der Waals surface area contributed by atoms with E-state index < -0.39 is 6.09 Å². The van der Waals surface area contributed by atoms with E-state index in [1.54, 1.807) is 0 Å². The molecule has 8 nitrogen and oxygen atoms in total. The first kappa shape index (κ1) is 21.9. The molecular weight excluding hydrogens is 406 g/mol. The van der Waals surface area contributed by atoms with E-state index in [0.29, 0.717) is 37.7 Å². The summed E-state index contributed by atoms with van der Waals surface area (Å²) in [4.78, 5) is 34.7. The van der Waals surface area contributed by atoms with Crippen molar-refractivity contribution in [3.05, 3.63) is 47.7 Å². The second kappa shape index (κ2) is 9.46. The lowest BCUT2D eigenvalue weighted by Gasteiger charge is -2.34. The molecule has 2 fully saturated rings. The molecule has 2 saturated heterocycles. The highest BCUT2D eigenvalue weighted by Gasteiger charge is 2.23. The lowest BCUT2D eigenvalue weighted by atomic mass is 9.99. The molecule has 0 radical (unpaired) electrons. The zero-order chi connectivity index (χ0) is 22.7. The molecule has 3 heterocycles. The Morgan fingerprint density at radius 3 is 2.22 bits per heavy atom. The predicted octanol–water partition coefficient (Wildman–Crippen LogP) is 3.68. The molecular formula is C24H31N5O3. The standard InChI is InChI=1S/C24H31N5O3/c1-17-9-11-28(12-10-17)22-21(8-3-18(2)25-22)23(30)26-19-4-6-20(7-5-19)27-13-15-29(16-14-27)24(31)32/h3-8,17H,9-16H2,1-2H3,(H,26,30)(H,31,32). The van der Waals surface area contributed by atoms with E-state index in [1.165, 1.54) is 4.90 Å². The maximum Gasteiger partial charge on any atom is 0.407 e. The first-order valence-electron chi connectivity index (χ1n) is 11.3. The van der Waals surface area contributed by atoms with Crippen LogP contribution in [0.1, 0.15) is 35.8 Å². The Morgan fingerprint density at radius 2 is 1.59 bits per heavy atom. The van der Waals surface area contributed by atoms with Gasteiger partial charge in [-0.05, 0) is 62.1 Å². The number of nitrogens with one attached hydrogen (secondary N) is 1. The number of rotatable bonds is 4. The molecule has 2 amide bonds. The van der Waals surface area contributed by atoms with Crippen molar-refractivity contribution in [2.45, 2.75) is 26.7 Å². The van der Waals surface area contributed by atoms with Crippen molar-refractivity contribution in [1.82, 2.24) is 9.88 Å². The molecule has 2 aliphatic heterocycles. The fourth-order valence-electron chi connectivity index (χ4n) is 4.29. The van der Waals surface area contributed by atoms with Gasteiger partial charge in [0.1, 0.15) is 5.82 Å². The minimum Gasteiger partial charge on any atom is -0.465 e. The van der Waals surface area contributed by atoms with Gasteiger partial charge >= 0.3 is 6.09 Å². The summed E-state index contributed by atoms with van der Waals surface area (Å²) in [6, 6.07) is 11.5. The number of benzene rings is 1. The number of carbonyl (C=O) groups excluding carboxylic acids is 1. The van der Waals surface area contributed by atoms with Crippen LogP contribution in [0, 0.1) is 12.8 Å². The van der Waals surface area contributed by atoms with Crippen molar-refractivity contribution in [2.75, 3.05) is 54.4 Å². The average Bonchev–Trinajstić information content (AvgIpc) is 2.80. The van der Waals surface area contributed by atoms with Crippen molar-refractivity contribution >= 4 is 29.2 Å². The number of aromatic nitrogens is 1. The van der Waals surface area contributed by atoms with Crippen molar-refractivity contribution in [1.29, 1.82) is 0 Å². The summed E-state index contributed by atoms with van der Waals surface area (Å²) in [5.74, 6) is 1.32. The van der Waals surface area contributed by atoms with Crippen LogP contribution in [-0.2, 0) is 0 Å². The number of hydrogen-bond acceptors (Lipinski definition) is 5. The van der Waals surface area contributed by atoms with Crippen molar-refractivity contribution in [3.63, 3.8) is 0 Å². The zero-order valence-corrected chi connectivity index (χ0v) is 18.8. The predicted molar refractivity (Wildman–Crippen MR) is 126 cm³/mol. The Hall–Kier alpha value is -3.29. The molecule has 0 spiro atoms. The molecule has 4 rings (SSSR count). The number of carbonyl (C=O) groups is 2. The fourth-order valence-corrected chi connectivity index (χ4v) is 4.29. The summed E-state index contributed by atoms with van der Waals surface area (Å²) in [6.07, 6.45) is 1.35. The van der Waals surface area contributed by atoms with Gasteiger partial charge in [0.15, 0.2) is 0 Å². The van der Waals surface area contributed by atoms with Crippen molar-refractivity contribution in [3.8, 4) is 0 Å². The summed E-state index contributed by atoms with van der Waals surface area (Å²) in [6.45, 7) is 8.36. The topological polar surface area (TPSA) is 89.0 Å². The van der Waals surface area contributed by atoms with Crippen molar-refractivity contribution in [2.24, 2.45) is 5.92 Å². The molecule has 1 aromatic heterocycles. The number of amides is 2. The molecule has 2 N–H and O–H groups in total. The van der Waals surface area contributed by atoms with Crippen LogP contribution >= 0.6 is 0 Å². The fraction of sp³-hybridized carbons (Fsp3) is 0.458. The third-order valence-corrected chi connectivity index (χ3v) is 6.38. The van der Waals surface area contributed by atoms with Gasteiger partial charge in [0.2, 0.25) is 0 Å². The normalized spacial score (nSPS) is 17.4. The van der Waals surface area contributed by atoms with Gasteiger partial charge in [0, 0.05) is 56.3 Å². The number of nitrogens with zero attached hydrogens (tertiary/aromatic N) is 4. The third kappa shape index (κ3) is 4.95. The molecule has 8 heteroatoms. The minimum atomic E-state index is -0.869. The van der Waals surface area contributed by atoms with Gasteiger partial charge in [0.05, 0.1) is 5.56 Å². The molecule has 170 valence electrons. The lowest BCUT2D eigenvalue weighted by Crippen LogP contribution is -2.48. The van der Waals surface area contributed by atoms with E-state index in [-0.39, 0.29) is 5.91 Å². The van der Waals surface area contributed by atoms with Gasteiger partial charge in [-0.3, -0.25) is 4.79 Å². The maximum atomic E-state index is 13.1. The van der Waals surface area contributed by atoms with Gasteiger partial charge in [-0.25, -0.2) is 9.78 Å². The van der Waals surface area contributed by atoms with E-state index in [0.717, 1.165) is 48.8 Å². The first-order chi connectivity index (χ1) is 15.4. The van der Waals surface area contributed by atoms with Crippen LogP contribution in [0.15, 0.2) is 36.4 Å². The van der Waals surface area contributed by atoms with Crippen molar-refractivity contribution < 1.29 is 14.7 Å². The second-order valence-corrected chi connectivity index (χ2v) is 8.75. The number of pyridine rings is 1. The number of hydrogen-bond donors (Lipinski definition) is 2. The van der Waals surface area contributed by atoms with E-state index in [1.807, 2.05) is 43.3 Å². The maximum absolute atomic E-state index is 13.1. The highest BCUT2D eigenvalue weighted by molar-refractivity contribution is 6.07. The monoisotopic (exact) mass is 437 g/mol. The summed E-state index contributed by atoms with van der Waals surface area (Å²) in [5.41, 5.74) is 3.25. The van der Waals surface area contributed by atoms with Crippen LogP contribution in [0.2, 0.25) is 0 Å². The summed E-state index contributed by atoms with van der Waals surface area (Å²) in [7, 11) is 0. The highest BCUT2D eigenvalue weighted by atomic mass is 16.4. The van der Waals surface area contributed by atoms with E-state index in [9.17, 15) is 9.59 Å². The number of piperidine rings is 1. The Kier molecular flexibility index (Phi) is 6.48.